The summed E-state index contributed by atoms with van der Waals surface area (Å²) in [6, 6.07) is 4.06. The quantitative estimate of drug-likeness (QED) is 0.835. The molecule has 130 valence electrons. The molecule has 1 amide bonds. The monoisotopic (exact) mass is 341 g/mol. The Bertz CT molecular complexity index is 655. The third kappa shape index (κ3) is 3.88. The first-order chi connectivity index (χ1) is 11.3. The van der Waals surface area contributed by atoms with Crippen molar-refractivity contribution in [2.24, 2.45) is 11.8 Å². The van der Waals surface area contributed by atoms with Crippen molar-refractivity contribution in [3.63, 3.8) is 0 Å². The van der Waals surface area contributed by atoms with Gasteiger partial charge < -0.3 is 10.4 Å². The Labute approximate surface area is 137 Å². The van der Waals surface area contributed by atoms with Gasteiger partial charge in [-0.3, -0.25) is 4.79 Å². The van der Waals surface area contributed by atoms with E-state index in [1.54, 1.807) is 6.07 Å². The van der Waals surface area contributed by atoms with Crippen LogP contribution in [-0.2, 0) is 15.8 Å². The predicted molar refractivity (Wildman–Crippen MR) is 79.2 cm³/mol. The van der Waals surface area contributed by atoms with Crippen LogP contribution in [0.3, 0.4) is 0 Å². The minimum absolute atomic E-state index is 0.275. The Morgan fingerprint density at radius 3 is 2.58 bits per heavy atom. The number of benzene rings is 1. The molecule has 0 aliphatic heterocycles. The van der Waals surface area contributed by atoms with E-state index in [0.29, 0.717) is 24.3 Å². The Morgan fingerprint density at radius 2 is 2.00 bits per heavy atom. The van der Waals surface area contributed by atoms with Crippen LogP contribution in [0.25, 0.3) is 0 Å². The second-order valence-electron chi connectivity index (χ2n) is 6.65. The van der Waals surface area contributed by atoms with Gasteiger partial charge in [-0.1, -0.05) is 31.0 Å². The van der Waals surface area contributed by atoms with Crippen molar-refractivity contribution in [3.05, 3.63) is 35.4 Å². The molecule has 3 atom stereocenters. The molecule has 0 saturated heterocycles. The number of nitrogens with one attached hydrogen (secondary N) is 1. The Hall–Kier alpha value is -2.05. The largest absolute Gasteiger partial charge is 0.480 e. The molecule has 0 spiro atoms. The molecule has 2 N–H and O–H groups in total. The lowest BCUT2D eigenvalue weighted by atomic mass is 10.0. The van der Waals surface area contributed by atoms with Crippen LogP contribution in [0, 0.1) is 11.8 Å². The van der Waals surface area contributed by atoms with Crippen molar-refractivity contribution in [2.45, 2.75) is 43.8 Å². The molecule has 2 aliphatic carbocycles. The van der Waals surface area contributed by atoms with Gasteiger partial charge in [0, 0.05) is 5.92 Å². The minimum Gasteiger partial charge on any atom is -0.480 e. The highest BCUT2D eigenvalue weighted by molar-refractivity contribution is 5.87. The maximum absolute atomic E-state index is 12.8. The first-order valence-electron chi connectivity index (χ1n) is 7.96. The summed E-state index contributed by atoms with van der Waals surface area (Å²) in [6.45, 7) is 0. The highest BCUT2D eigenvalue weighted by atomic mass is 19.4. The third-order valence-corrected chi connectivity index (χ3v) is 4.65. The number of amides is 1. The van der Waals surface area contributed by atoms with Gasteiger partial charge >= 0.3 is 12.1 Å². The first-order valence-corrected chi connectivity index (χ1v) is 7.96. The third-order valence-electron chi connectivity index (χ3n) is 4.65. The molecule has 3 unspecified atom stereocenters. The van der Waals surface area contributed by atoms with Crippen LogP contribution in [-0.4, -0.2) is 23.0 Å². The van der Waals surface area contributed by atoms with E-state index in [9.17, 15) is 27.9 Å². The molecule has 2 fully saturated rings. The number of carbonyl (C=O) groups excluding carboxylic acids is 1. The molecule has 7 heteroatoms. The van der Waals surface area contributed by atoms with E-state index in [1.165, 1.54) is 6.07 Å². The number of carboxylic acids is 1. The average Bonchev–Trinajstić information content (AvgIpc) is 3.39. The predicted octanol–water partition coefficient (Wildman–Crippen LogP) is 3.18. The number of halogens is 3. The van der Waals surface area contributed by atoms with Gasteiger partial charge in [0.1, 0.15) is 6.04 Å². The van der Waals surface area contributed by atoms with Gasteiger partial charge in [0.25, 0.3) is 0 Å². The summed E-state index contributed by atoms with van der Waals surface area (Å²) in [5.41, 5.74) is -0.262. The Morgan fingerprint density at radius 1 is 1.29 bits per heavy atom. The maximum atomic E-state index is 12.8. The summed E-state index contributed by atoms with van der Waals surface area (Å²) in [5, 5.41) is 11.7. The van der Waals surface area contributed by atoms with Crippen molar-refractivity contribution in [2.75, 3.05) is 0 Å². The van der Waals surface area contributed by atoms with Crippen molar-refractivity contribution in [3.8, 4) is 0 Å². The van der Waals surface area contributed by atoms with E-state index in [-0.39, 0.29) is 11.8 Å². The topological polar surface area (TPSA) is 66.4 Å². The van der Waals surface area contributed by atoms with Gasteiger partial charge in [0.2, 0.25) is 5.91 Å². The van der Waals surface area contributed by atoms with E-state index >= 15 is 0 Å². The number of carbonyl (C=O) groups is 2. The van der Waals surface area contributed by atoms with E-state index < -0.39 is 29.7 Å². The fourth-order valence-electron chi connectivity index (χ4n) is 2.99. The molecule has 0 heterocycles. The second kappa shape index (κ2) is 6.11. The summed E-state index contributed by atoms with van der Waals surface area (Å²) < 4.78 is 38.3. The van der Waals surface area contributed by atoms with Gasteiger partial charge in [-0.05, 0) is 36.3 Å². The number of rotatable bonds is 6. The lowest BCUT2D eigenvalue weighted by Gasteiger charge is -2.14. The molecule has 0 aromatic heterocycles. The molecular weight excluding hydrogens is 323 g/mol. The van der Waals surface area contributed by atoms with Crippen molar-refractivity contribution < 1.29 is 27.9 Å². The van der Waals surface area contributed by atoms with Crippen molar-refractivity contribution in [1.29, 1.82) is 0 Å². The van der Waals surface area contributed by atoms with Crippen LogP contribution in [0.15, 0.2) is 24.3 Å². The lowest BCUT2D eigenvalue weighted by Crippen LogP contribution is -2.42. The standard InChI is InChI=1S/C17H18F3NO3/c18-17(19,20)11-3-1-2-10(7-11)12-8-13(12)15(22)21-14(16(23)24)6-9-4-5-9/h1-3,7,9,12-14H,4-6,8H2,(H,21,22)(H,23,24). The van der Waals surface area contributed by atoms with Crippen LogP contribution in [0.5, 0.6) is 0 Å². The zero-order chi connectivity index (χ0) is 17.5. The number of hydrogen-bond donors (Lipinski definition) is 2. The van der Waals surface area contributed by atoms with E-state index in [4.69, 9.17) is 0 Å². The lowest BCUT2D eigenvalue weighted by molar-refractivity contribution is -0.142. The van der Waals surface area contributed by atoms with E-state index in [0.717, 1.165) is 25.0 Å². The van der Waals surface area contributed by atoms with Crippen LogP contribution in [0.2, 0.25) is 0 Å². The fraction of sp³-hybridized carbons (Fsp3) is 0.529. The van der Waals surface area contributed by atoms with Crippen molar-refractivity contribution in [1.82, 2.24) is 5.32 Å². The molecule has 2 saturated carbocycles. The summed E-state index contributed by atoms with van der Waals surface area (Å²) in [6.07, 6.45) is -1.59. The molecule has 24 heavy (non-hydrogen) atoms. The number of alkyl halides is 3. The molecular formula is C17H18F3NO3. The van der Waals surface area contributed by atoms with Gasteiger partial charge in [-0.2, -0.15) is 13.2 Å². The van der Waals surface area contributed by atoms with Crippen molar-refractivity contribution >= 4 is 11.9 Å². The zero-order valence-electron chi connectivity index (χ0n) is 12.8. The van der Waals surface area contributed by atoms with Gasteiger partial charge in [0.15, 0.2) is 0 Å². The molecule has 0 radical (unpaired) electrons. The molecule has 1 aromatic carbocycles. The first kappa shape index (κ1) is 16.8. The Kier molecular flexibility index (Phi) is 4.27. The molecule has 3 rings (SSSR count). The smallest absolute Gasteiger partial charge is 0.416 e. The molecule has 2 aliphatic rings. The number of aliphatic carboxylic acids is 1. The second-order valence-corrected chi connectivity index (χ2v) is 6.65. The highest BCUT2D eigenvalue weighted by Gasteiger charge is 2.46. The summed E-state index contributed by atoms with van der Waals surface area (Å²) >= 11 is 0. The summed E-state index contributed by atoms with van der Waals surface area (Å²) in [7, 11) is 0. The van der Waals surface area contributed by atoms with Crippen LogP contribution >= 0.6 is 0 Å². The van der Waals surface area contributed by atoms with E-state index in [2.05, 4.69) is 5.32 Å². The average molecular weight is 341 g/mol. The number of carboxylic acid groups (broad SMARTS) is 1. The molecule has 1 aromatic rings. The van der Waals surface area contributed by atoms with Crippen LogP contribution in [0.4, 0.5) is 13.2 Å². The Balaban J connectivity index is 1.62. The summed E-state index contributed by atoms with van der Waals surface area (Å²) in [4.78, 5) is 23.4. The van der Waals surface area contributed by atoms with Gasteiger partial charge in [0.05, 0.1) is 5.56 Å². The maximum Gasteiger partial charge on any atom is 0.416 e. The number of hydrogen-bond acceptors (Lipinski definition) is 2. The zero-order valence-corrected chi connectivity index (χ0v) is 12.8. The molecule has 0 bridgehead atoms. The SMILES string of the molecule is O=C(O)C(CC1CC1)NC(=O)C1CC1c1cccc(C(F)(F)F)c1. The molecule has 4 nitrogen and oxygen atoms in total. The fourth-order valence-corrected chi connectivity index (χ4v) is 2.99. The van der Waals surface area contributed by atoms with Crippen LogP contribution in [0.1, 0.15) is 42.7 Å². The summed E-state index contributed by atoms with van der Waals surface area (Å²) in [5.74, 6) is -1.82. The normalized spacial score (nSPS) is 24.3. The van der Waals surface area contributed by atoms with Crippen LogP contribution < -0.4 is 5.32 Å². The van der Waals surface area contributed by atoms with E-state index in [1.807, 2.05) is 0 Å². The van der Waals surface area contributed by atoms with Gasteiger partial charge in [-0.15, -0.1) is 0 Å². The minimum atomic E-state index is -4.42. The highest BCUT2D eigenvalue weighted by Crippen LogP contribution is 2.48. The van der Waals surface area contributed by atoms with Gasteiger partial charge in [-0.25, -0.2) is 4.79 Å².